The molecule has 1 N–H and O–H groups in total. The number of rotatable bonds is 3. The molecule has 0 saturated heterocycles. The molecule has 144 valence electrons. The molecule has 5 rings (SSSR count). The Bertz CT molecular complexity index is 1080. The Hall–Kier alpha value is -2.97. The van der Waals surface area contributed by atoms with E-state index in [1.807, 2.05) is 6.08 Å². The molecule has 1 aliphatic heterocycles. The van der Waals surface area contributed by atoms with Gasteiger partial charge in [-0.3, -0.25) is 4.68 Å². The second-order valence-corrected chi connectivity index (χ2v) is 7.32. The van der Waals surface area contributed by atoms with Gasteiger partial charge in [-0.15, -0.1) is 0 Å². The van der Waals surface area contributed by atoms with Crippen LogP contribution in [-0.2, 0) is 12.7 Å². The van der Waals surface area contributed by atoms with E-state index in [1.165, 1.54) is 6.07 Å². The summed E-state index contributed by atoms with van der Waals surface area (Å²) < 4.78 is 41.4. The predicted molar refractivity (Wildman–Crippen MR) is 95.8 cm³/mol. The van der Waals surface area contributed by atoms with Crippen molar-refractivity contribution in [2.45, 2.75) is 37.9 Å². The molecule has 0 spiro atoms. The Labute approximate surface area is 157 Å². The molecule has 3 heterocycles. The Kier molecular flexibility index (Phi) is 3.68. The van der Waals surface area contributed by atoms with E-state index in [9.17, 15) is 18.0 Å². The van der Waals surface area contributed by atoms with E-state index in [-0.39, 0.29) is 11.4 Å². The summed E-state index contributed by atoms with van der Waals surface area (Å²) in [7, 11) is 0. The van der Waals surface area contributed by atoms with Crippen LogP contribution in [0.15, 0.2) is 41.1 Å². The van der Waals surface area contributed by atoms with Crippen molar-refractivity contribution in [2.24, 2.45) is 10.9 Å². The highest BCUT2D eigenvalue weighted by atomic mass is 19.4. The standard InChI is InChI=1S/C19H16F3N5O/c20-19(21,22)15-7-6-13-16(25-15)17(27(26-13)9-10-2-1-3-10)11-4-5-12-14(8-11)24-18(28)23-12/h4-8,10-11H,1-3,9H2,(H,24,28). The molecule has 1 unspecified atom stereocenters. The average molecular weight is 387 g/mol. The number of hydrogen-bond donors (Lipinski definition) is 1. The van der Waals surface area contributed by atoms with Crippen LogP contribution < -0.4 is 5.32 Å². The van der Waals surface area contributed by atoms with Gasteiger partial charge in [0.25, 0.3) is 0 Å². The predicted octanol–water partition coefficient (Wildman–Crippen LogP) is 3.95. The maximum Gasteiger partial charge on any atom is 0.433 e. The molecule has 6 nitrogen and oxygen atoms in total. The first-order valence-electron chi connectivity index (χ1n) is 9.13. The zero-order valence-corrected chi connectivity index (χ0v) is 14.7. The summed E-state index contributed by atoms with van der Waals surface area (Å²) in [6, 6.07) is 1.89. The molecule has 0 aromatic carbocycles. The lowest BCUT2D eigenvalue weighted by atomic mass is 9.85. The Balaban J connectivity index is 1.64. The van der Waals surface area contributed by atoms with Gasteiger partial charge in [0.1, 0.15) is 16.7 Å². The van der Waals surface area contributed by atoms with Crippen LogP contribution in [0, 0.1) is 5.92 Å². The fourth-order valence-electron chi connectivity index (χ4n) is 3.80. The summed E-state index contributed by atoms with van der Waals surface area (Å²) in [4.78, 5) is 19.3. The van der Waals surface area contributed by atoms with E-state index in [2.05, 4.69) is 20.4 Å². The average Bonchev–Trinajstić information content (AvgIpc) is 3.14. The van der Waals surface area contributed by atoms with E-state index in [1.54, 1.807) is 16.8 Å². The number of aliphatic imine (C=N–C) groups is 1. The smallest absolute Gasteiger partial charge is 0.304 e. The van der Waals surface area contributed by atoms with Gasteiger partial charge in [0.05, 0.1) is 17.1 Å². The number of allylic oxidation sites excluding steroid dienone is 3. The van der Waals surface area contributed by atoms with Crippen LogP contribution in [0.4, 0.5) is 18.0 Å². The monoisotopic (exact) mass is 387 g/mol. The highest BCUT2D eigenvalue weighted by molar-refractivity contribution is 6.19. The fourth-order valence-corrected chi connectivity index (χ4v) is 3.80. The minimum atomic E-state index is -4.53. The van der Waals surface area contributed by atoms with Gasteiger partial charge in [-0.25, -0.2) is 9.78 Å². The number of amides is 2. The lowest BCUT2D eigenvalue weighted by Gasteiger charge is -2.26. The largest absolute Gasteiger partial charge is 0.433 e. The lowest BCUT2D eigenvalue weighted by Crippen LogP contribution is -2.22. The van der Waals surface area contributed by atoms with Gasteiger partial charge >= 0.3 is 12.2 Å². The van der Waals surface area contributed by atoms with Crippen LogP contribution in [0.5, 0.6) is 0 Å². The molecule has 1 saturated carbocycles. The molecule has 28 heavy (non-hydrogen) atoms. The molecule has 2 amide bonds. The lowest BCUT2D eigenvalue weighted by molar-refractivity contribution is -0.140. The first-order valence-corrected chi connectivity index (χ1v) is 9.13. The summed E-state index contributed by atoms with van der Waals surface area (Å²) in [5.74, 6) is 0.118. The van der Waals surface area contributed by atoms with Crippen molar-refractivity contribution in [1.29, 1.82) is 0 Å². The highest BCUT2D eigenvalue weighted by Gasteiger charge is 2.34. The van der Waals surface area contributed by atoms with Gasteiger partial charge in [0.2, 0.25) is 0 Å². The summed E-state index contributed by atoms with van der Waals surface area (Å²) in [6.07, 6.45) is 4.13. The first kappa shape index (κ1) is 17.2. The highest BCUT2D eigenvalue weighted by Crippen LogP contribution is 2.36. The molecule has 2 aromatic rings. The quantitative estimate of drug-likeness (QED) is 0.867. The van der Waals surface area contributed by atoms with E-state index in [0.29, 0.717) is 35.1 Å². The van der Waals surface area contributed by atoms with E-state index in [0.717, 1.165) is 25.3 Å². The summed E-state index contributed by atoms with van der Waals surface area (Å²) >= 11 is 0. The Morgan fingerprint density at radius 3 is 2.79 bits per heavy atom. The number of fused-ring (bicyclic) bond motifs is 2. The van der Waals surface area contributed by atoms with Gasteiger partial charge in [-0.2, -0.15) is 23.3 Å². The number of carbonyl (C=O) groups excluding carboxylic acids is 1. The number of hydrogen-bond acceptors (Lipinski definition) is 3. The number of alkyl halides is 3. The molecule has 0 radical (unpaired) electrons. The van der Waals surface area contributed by atoms with Gasteiger partial charge in [-0.1, -0.05) is 12.5 Å². The van der Waals surface area contributed by atoms with Crippen LogP contribution in [0.2, 0.25) is 0 Å². The van der Waals surface area contributed by atoms with Crippen LogP contribution in [0.3, 0.4) is 0 Å². The summed E-state index contributed by atoms with van der Waals surface area (Å²) in [5, 5.41) is 7.19. The molecular weight excluding hydrogens is 371 g/mol. The number of pyridine rings is 1. The molecule has 1 atom stereocenters. The SMILES string of the molecule is O=C1N=C2C=CC(c3c4nc(C(F)(F)F)ccc4nn3CC3CCC3)C=C2N1. The molecule has 3 aliphatic rings. The van der Waals surface area contributed by atoms with Crippen molar-refractivity contribution in [1.82, 2.24) is 20.1 Å². The van der Waals surface area contributed by atoms with Crippen molar-refractivity contribution in [3.63, 3.8) is 0 Å². The van der Waals surface area contributed by atoms with Crippen molar-refractivity contribution < 1.29 is 18.0 Å². The number of nitrogens with one attached hydrogen (secondary N) is 1. The fraction of sp³-hybridized carbons (Fsp3) is 0.368. The van der Waals surface area contributed by atoms with Gasteiger partial charge in [0, 0.05) is 12.5 Å². The zero-order valence-electron chi connectivity index (χ0n) is 14.7. The van der Waals surface area contributed by atoms with E-state index in [4.69, 9.17) is 0 Å². The minimum absolute atomic E-state index is 0.241. The molecule has 2 aliphatic carbocycles. The van der Waals surface area contributed by atoms with Gasteiger partial charge < -0.3 is 5.32 Å². The van der Waals surface area contributed by atoms with Crippen molar-refractivity contribution >= 4 is 22.8 Å². The zero-order chi connectivity index (χ0) is 19.5. The minimum Gasteiger partial charge on any atom is -0.304 e. The number of halogens is 3. The maximum absolute atomic E-state index is 13.2. The van der Waals surface area contributed by atoms with Crippen LogP contribution in [-0.4, -0.2) is 26.5 Å². The van der Waals surface area contributed by atoms with Crippen LogP contribution in [0.25, 0.3) is 11.0 Å². The summed E-state index contributed by atoms with van der Waals surface area (Å²) in [6.45, 7) is 0.647. The third kappa shape index (κ3) is 2.81. The van der Waals surface area contributed by atoms with Crippen molar-refractivity contribution in [3.8, 4) is 0 Å². The topological polar surface area (TPSA) is 72.2 Å². The number of nitrogens with zero attached hydrogens (tertiary/aromatic N) is 4. The van der Waals surface area contributed by atoms with Gasteiger partial charge in [0.15, 0.2) is 0 Å². The number of urea groups is 1. The van der Waals surface area contributed by atoms with Gasteiger partial charge in [-0.05, 0) is 43.0 Å². The van der Waals surface area contributed by atoms with Crippen LogP contribution in [0.1, 0.15) is 36.6 Å². The van der Waals surface area contributed by atoms with Crippen molar-refractivity contribution in [2.75, 3.05) is 0 Å². The third-order valence-corrected chi connectivity index (χ3v) is 5.43. The Morgan fingerprint density at radius 2 is 2.07 bits per heavy atom. The second-order valence-electron chi connectivity index (χ2n) is 7.32. The van der Waals surface area contributed by atoms with E-state index >= 15 is 0 Å². The molecule has 0 bridgehead atoms. The molecule has 9 heteroatoms. The third-order valence-electron chi connectivity index (χ3n) is 5.43. The van der Waals surface area contributed by atoms with E-state index < -0.39 is 17.9 Å². The number of aromatic nitrogens is 3. The summed E-state index contributed by atoms with van der Waals surface area (Å²) in [5.41, 5.74) is 1.44. The molecule has 2 aromatic heterocycles. The molecule has 1 fully saturated rings. The maximum atomic E-state index is 13.2. The van der Waals surface area contributed by atoms with Crippen molar-refractivity contribution in [3.05, 3.63) is 47.4 Å². The van der Waals surface area contributed by atoms with Crippen LogP contribution >= 0.6 is 0 Å². The second kappa shape index (κ2) is 6.02. The number of carbonyl (C=O) groups is 1. The molecular formula is C19H16F3N5O. The first-order chi connectivity index (χ1) is 13.4. The Morgan fingerprint density at radius 1 is 1.25 bits per heavy atom. The normalized spacial score (nSPS) is 22.0.